The first-order valence-corrected chi connectivity index (χ1v) is 6.52. The Bertz CT molecular complexity index is 250. The van der Waals surface area contributed by atoms with Crippen LogP contribution in [-0.2, 0) is 9.57 Å². The summed E-state index contributed by atoms with van der Waals surface area (Å²) in [4.78, 5) is 5.69. The third-order valence-corrected chi connectivity index (χ3v) is 3.91. The van der Waals surface area contributed by atoms with Gasteiger partial charge >= 0.3 is 0 Å². The summed E-state index contributed by atoms with van der Waals surface area (Å²) in [6.45, 7) is 12.1. The van der Waals surface area contributed by atoms with E-state index in [2.05, 4.69) is 40.1 Å². The minimum absolute atomic E-state index is 0.00926. The lowest BCUT2D eigenvalue weighted by Crippen LogP contribution is -2.55. The third-order valence-electron chi connectivity index (χ3n) is 3.91. The van der Waals surface area contributed by atoms with E-state index in [0.29, 0.717) is 17.8 Å². The number of ether oxygens (including phenoxy) is 1. The molecule has 0 aromatic carbocycles. The molecule has 2 aliphatic rings. The fourth-order valence-corrected chi connectivity index (χ4v) is 3.63. The van der Waals surface area contributed by atoms with Crippen LogP contribution in [0.25, 0.3) is 0 Å². The van der Waals surface area contributed by atoms with E-state index in [4.69, 9.17) is 9.57 Å². The van der Waals surface area contributed by atoms with Crippen molar-refractivity contribution in [2.75, 3.05) is 6.54 Å². The fourth-order valence-electron chi connectivity index (χ4n) is 3.63. The maximum Gasteiger partial charge on any atom is 0.111 e. The van der Waals surface area contributed by atoms with Crippen LogP contribution in [0.5, 0.6) is 0 Å². The summed E-state index contributed by atoms with van der Waals surface area (Å²) >= 11 is 0. The molecule has 2 aliphatic heterocycles. The maximum absolute atomic E-state index is 6.27. The molecule has 2 saturated heterocycles. The highest BCUT2D eigenvalue weighted by Crippen LogP contribution is 2.47. The topological polar surface area (TPSA) is 30.5 Å². The van der Waals surface area contributed by atoms with Gasteiger partial charge in [0.25, 0.3) is 0 Å². The van der Waals surface area contributed by atoms with Crippen LogP contribution in [0.3, 0.4) is 0 Å². The van der Waals surface area contributed by atoms with Gasteiger partial charge in [-0.3, -0.25) is 4.84 Å². The van der Waals surface area contributed by atoms with Crippen LogP contribution < -0.4 is 5.48 Å². The van der Waals surface area contributed by atoms with Crippen molar-refractivity contribution in [2.24, 2.45) is 17.8 Å². The van der Waals surface area contributed by atoms with Crippen molar-refractivity contribution >= 4 is 0 Å². The fraction of sp³-hybridized carbons (Fsp3) is 1.00. The molecule has 2 fully saturated rings. The second kappa shape index (κ2) is 4.28. The highest BCUT2D eigenvalue weighted by molar-refractivity contribution is 5.05. The molecular formula is C13H25NO2. The van der Waals surface area contributed by atoms with E-state index in [1.165, 1.54) is 0 Å². The molecule has 1 N–H and O–H groups in total. The van der Waals surface area contributed by atoms with Crippen LogP contribution >= 0.6 is 0 Å². The number of hydrogen-bond donors (Lipinski definition) is 1. The Morgan fingerprint density at radius 3 is 2.56 bits per heavy atom. The highest BCUT2D eigenvalue weighted by Gasteiger charge is 2.57. The van der Waals surface area contributed by atoms with Crippen molar-refractivity contribution in [3.8, 4) is 0 Å². The van der Waals surface area contributed by atoms with Gasteiger partial charge in [-0.05, 0) is 25.2 Å². The lowest BCUT2D eigenvalue weighted by atomic mass is 9.73. The van der Waals surface area contributed by atoms with Crippen molar-refractivity contribution in [3.05, 3.63) is 0 Å². The van der Waals surface area contributed by atoms with E-state index in [0.717, 1.165) is 13.0 Å². The first kappa shape index (κ1) is 12.3. The molecule has 0 spiro atoms. The lowest BCUT2D eigenvalue weighted by molar-refractivity contribution is -0.127. The summed E-state index contributed by atoms with van der Waals surface area (Å²) < 4.78 is 6.27. The zero-order valence-corrected chi connectivity index (χ0v) is 11.1. The molecule has 94 valence electrons. The largest absolute Gasteiger partial charge is 0.367 e. The molecule has 2 rings (SSSR count). The van der Waals surface area contributed by atoms with Crippen molar-refractivity contribution in [3.63, 3.8) is 0 Å². The SMILES string of the molecule is CC(C)C[C@]12CNO[C@@H](C1C(C)C)[C@H](C)O2. The summed E-state index contributed by atoms with van der Waals surface area (Å²) in [5.74, 6) is 1.79. The standard InChI is InChI=1S/C13H25NO2/c1-8(2)6-13-7-14-16-12(10(5)15-13)11(13)9(3)4/h8-12,14H,6-7H2,1-5H3/t10-,11?,12+,13-/m0/s1. The Balaban J connectivity index is 2.25. The molecule has 0 amide bonds. The van der Waals surface area contributed by atoms with Gasteiger partial charge in [-0.1, -0.05) is 27.7 Å². The molecule has 2 bridgehead atoms. The minimum Gasteiger partial charge on any atom is -0.367 e. The first-order chi connectivity index (χ1) is 7.46. The van der Waals surface area contributed by atoms with E-state index in [-0.39, 0.29) is 17.8 Å². The molecule has 3 heteroatoms. The summed E-state index contributed by atoms with van der Waals surface area (Å²) in [6, 6.07) is 0. The second-order valence-electron chi connectivity index (χ2n) is 6.16. The van der Waals surface area contributed by atoms with Gasteiger partial charge < -0.3 is 4.74 Å². The van der Waals surface area contributed by atoms with Gasteiger partial charge in [-0.2, -0.15) is 5.48 Å². The van der Waals surface area contributed by atoms with Gasteiger partial charge in [0.15, 0.2) is 0 Å². The predicted octanol–water partition coefficient (Wildman–Crippen LogP) is 2.37. The third kappa shape index (κ3) is 1.89. The Kier molecular flexibility index (Phi) is 3.30. The number of fused-ring (bicyclic) bond motifs is 2. The van der Waals surface area contributed by atoms with Gasteiger partial charge in [0, 0.05) is 5.92 Å². The van der Waals surface area contributed by atoms with Gasteiger partial charge in [0.05, 0.1) is 18.2 Å². The lowest BCUT2D eigenvalue weighted by Gasteiger charge is -2.42. The van der Waals surface area contributed by atoms with Gasteiger partial charge in [0.1, 0.15) is 6.10 Å². The second-order valence-corrected chi connectivity index (χ2v) is 6.16. The van der Waals surface area contributed by atoms with E-state index in [1.54, 1.807) is 0 Å². The predicted molar refractivity (Wildman–Crippen MR) is 63.9 cm³/mol. The number of hydrogen-bond acceptors (Lipinski definition) is 3. The van der Waals surface area contributed by atoms with Crippen molar-refractivity contribution in [1.82, 2.24) is 5.48 Å². The number of hydroxylamine groups is 1. The van der Waals surface area contributed by atoms with Crippen LogP contribution in [0.2, 0.25) is 0 Å². The maximum atomic E-state index is 6.27. The summed E-state index contributed by atoms with van der Waals surface area (Å²) in [5.41, 5.74) is 3.07. The van der Waals surface area contributed by atoms with E-state index in [9.17, 15) is 0 Å². The Labute approximate surface area is 98.8 Å². The van der Waals surface area contributed by atoms with E-state index in [1.807, 2.05) is 0 Å². The quantitative estimate of drug-likeness (QED) is 0.803. The van der Waals surface area contributed by atoms with Crippen LogP contribution in [0.4, 0.5) is 0 Å². The zero-order chi connectivity index (χ0) is 11.9. The molecule has 16 heavy (non-hydrogen) atoms. The molecule has 0 radical (unpaired) electrons. The molecule has 0 aromatic heterocycles. The van der Waals surface area contributed by atoms with Crippen molar-refractivity contribution < 1.29 is 9.57 Å². The Morgan fingerprint density at radius 1 is 1.31 bits per heavy atom. The zero-order valence-electron chi connectivity index (χ0n) is 11.1. The van der Waals surface area contributed by atoms with Crippen LogP contribution in [0, 0.1) is 17.8 Å². The monoisotopic (exact) mass is 227 g/mol. The molecule has 0 saturated carbocycles. The molecule has 0 aliphatic carbocycles. The minimum atomic E-state index is -0.00926. The van der Waals surface area contributed by atoms with Crippen LogP contribution in [-0.4, -0.2) is 24.4 Å². The van der Waals surface area contributed by atoms with E-state index < -0.39 is 0 Å². The molecule has 0 aromatic rings. The summed E-state index contributed by atoms with van der Waals surface area (Å²) in [7, 11) is 0. The first-order valence-electron chi connectivity index (χ1n) is 6.52. The smallest absolute Gasteiger partial charge is 0.111 e. The highest BCUT2D eigenvalue weighted by atomic mass is 16.7. The molecule has 2 heterocycles. The van der Waals surface area contributed by atoms with Crippen LogP contribution in [0.15, 0.2) is 0 Å². The molecule has 4 atom stereocenters. The van der Waals surface area contributed by atoms with Crippen molar-refractivity contribution in [2.45, 2.75) is 58.8 Å². The van der Waals surface area contributed by atoms with Gasteiger partial charge in [0.2, 0.25) is 0 Å². The molecule has 1 unspecified atom stereocenters. The van der Waals surface area contributed by atoms with E-state index >= 15 is 0 Å². The Morgan fingerprint density at radius 2 is 2.00 bits per heavy atom. The van der Waals surface area contributed by atoms with Crippen LogP contribution in [0.1, 0.15) is 41.0 Å². The summed E-state index contributed by atoms with van der Waals surface area (Å²) in [6.07, 6.45) is 1.54. The number of rotatable bonds is 3. The van der Waals surface area contributed by atoms with Gasteiger partial charge in [-0.15, -0.1) is 0 Å². The van der Waals surface area contributed by atoms with Gasteiger partial charge in [-0.25, -0.2) is 0 Å². The van der Waals surface area contributed by atoms with Crippen molar-refractivity contribution in [1.29, 1.82) is 0 Å². The molecular weight excluding hydrogens is 202 g/mol. The molecule has 3 nitrogen and oxygen atoms in total. The normalized spacial score (nSPS) is 43.3. The summed E-state index contributed by atoms with van der Waals surface area (Å²) in [5, 5.41) is 0. The number of nitrogens with one attached hydrogen (secondary N) is 1. The average molecular weight is 227 g/mol. The average Bonchev–Trinajstić information content (AvgIpc) is 2.29. The Hall–Kier alpha value is -0.120.